The molecule has 1 aliphatic heterocycles. The van der Waals surface area contributed by atoms with Crippen molar-refractivity contribution in [1.29, 1.82) is 0 Å². The molecular weight excluding hydrogens is 414 g/mol. The lowest BCUT2D eigenvalue weighted by atomic mass is 10.0. The van der Waals surface area contributed by atoms with Crippen LogP contribution < -0.4 is 10.1 Å². The Balaban J connectivity index is 1.13. The summed E-state index contributed by atoms with van der Waals surface area (Å²) in [6, 6.07) is 17.5. The molecule has 2 aromatic carbocycles. The monoisotopic (exact) mass is 449 g/mol. The maximum atomic E-state index is 13.0. The molecule has 4 rings (SSSR count). The molecule has 33 heavy (non-hydrogen) atoms. The van der Waals surface area contributed by atoms with Gasteiger partial charge in [-0.15, -0.1) is 0 Å². The van der Waals surface area contributed by atoms with Crippen molar-refractivity contribution in [1.82, 2.24) is 15.1 Å². The first-order valence-electron chi connectivity index (χ1n) is 12.1. The summed E-state index contributed by atoms with van der Waals surface area (Å²) in [5.41, 5.74) is 1.97. The molecule has 1 atom stereocenters. The zero-order chi connectivity index (χ0) is 23.0. The largest absolute Gasteiger partial charge is 0.494 e. The number of nitrogens with zero attached hydrogens (tertiary/aromatic N) is 2. The van der Waals surface area contributed by atoms with Crippen molar-refractivity contribution in [2.24, 2.45) is 5.92 Å². The van der Waals surface area contributed by atoms with E-state index in [1.165, 1.54) is 5.56 Å². The quantitative estimate of drug-likeness (QED) is 0.422. The van der Waals surface area contributed by atoms with Gasteiger partial charge in [-0.3, -0.25) is 14.5 Å². The third kappa shape index (κ3) is 6.65. The van der Waals surface area contributed by atoms with Crippen LogP contribution >= 0.6 is 0 Å². The standard InChI is InChI=1S/C27H35N3O3/c1-28-25(20-21-6-3-2-4-7-21)27(32)30-17-15-29(16-18-30)14-5-19-33-24-12-10-23(11-13-24)26(31)22-8-9-22/h2-4,6-7,10-13,22,25,28H,5,8-9,14-20H2,1H3/t25-/m1/s1. The van der Waals surface area contributed by atoms with Gasteiger partial charge in [-0.1, -0.05) is 30.3 Å². The molecule has 2 fully saturated rings. The number of carbonyl (C=O) groups excluding carboxylic acids is 2. The van der Waals surface area contributed by atoms with E-state index in [-0.39, 0.29) is 23.7 Å². The summed E-state index contributed by atoms with van der Waals surface area (Å²) in [5, 5.41) is 3.19. The van der Waals surface area contributed by atoms with Gasteiger partial charge in [0.25, 0.3) is 0 Å². The van der Waals surface area contributed by atoms with Crippen LogP contribution in [0.15, 0.2) is 54.6 Å². The first kappa shape index (κ1) is 23.5. The summed E-state index contributed by atoms with van der Waals surface area (Å²) >= 11 is 0. The average Bonchev–Trinajstić information content (AvgIpc) is 3.71. The minimum Gasteiger partial charge on any atom is -0.494 e. The van der Waals surface area contributed by atoms with Gasteiger partial charge in [0, 0.05) is 44.2 Å². The lowest BCUT2D eigenvalue weighted by molar-refractivity contribution is -0.135. The molecule has 0 aromatic heterocycles. The van der Waals surface area contributed by atoms with Gasteiger partial charge in [0.05, 0.1) is 12.6 Å². The van der Waals surface area contributed by atoms with Gasteiger partial charge in [0.2, 0.25) is 5.91 Å². The number of carbonyl (C=O) groups is 2. The first-order valence-corrected chi connectivity index (χ1v) is 12.1. The fraction of sp³-hybridized carbons (Fsp3) is 0.481. The third-order valence-corrected chi connectivity index (χ3v) is 6.59. The maximum Gasteiger partial charge on any atom is 0.240 e. The molecule has 1 saturated carbocycles. The van der Waals surface area contributed by atoms with E-state index in [0.717, 1.165) is 63.3 Å². The van der Waals surface area contributed by atoms with Crippen molar-refractivity contribution in [3.05, 3.63) is 65.7 Å². The summed E-state index contributed by atoms with van der Waals surface area (Å²) in [6.07, 6.45) is 3.71. The van der Waals surface area contributed by atoms with Crippen molar-refractivity contribution in [2.75, 3.05) is 46.4 Å². The first-order chi connectivity index (χ1) is 16.1. The van der Waals surface area contributed by atoms with Crippen LogP contribution in [-0.2, 0) is 11.2 Å². The van der Waals surface area contributed by atoms with E-state index >= 15 is 0 Å². The predicted molar refractivity (Wildman–Crippen MR) is 130 cm³/mol. The fourth-order valence-electron chi connectivity index (χ4n) is 4.35. The molecule has 2 aliphatic rings. The van der Waals surface area contributed by atoms with E-state index in [1.807, 2.05) is 54.4 Å². The van der Waals surface area contributed by atoms with E-state index < -0.39 is 0 Å². The Hall–Kier alpha value is -2.70. The second kappa shape index (κ2) is 11.4. The van der Waals surface area contributed by atoms with E-state index in [4.69, 9.17) is 4.74 Å². The fourth-order valence-corrected chi connectivity index (χ4v) is 4.35. The Kier molecular flexibility index (Phi) is 8.13. The predicted octanol–water partition coefficient (Wildman–Crippen LogP) is 3.02. The molecule has 0 bridgehead atoms. The smallest absolute Gasteiger partial charge is 0.240 e. The lowest BCUT2D eigenvalue weighted by Crippen LogP contribution is -2.54. The highest BCUT2D eigenvalue weighted by molar-refractivity contribution is 5.99. The zero-order valence-electron chi connectivity index (χ0n) is 19.5. The van der Waals surface area contributed by atoms with Gasteiger partial charge in [-0.2, -0.15) is 0 Å². The topological polar surface area (TPSA) is 61.9 Å². The summed E-state index contributed by atoms with van der Waals surface area (Å²) in [7, 11) is 1.86. The number of piperazine rings is 1. The summed E-state index contributed by atoms with van der Waals surface area (Å²) in [6.45, 7) is 4.93. The van der Waals surface area contributed by atoms with Gasteiger partial charge >= 0.3 is 0 Å². The number of amides is 1. The number of ketones is 1. The average molecular weight is 450 g/mol. The van der Waals surface area contributed by atoms with Crippen LogP contribution in [0, 0.1) is 5.92 Å². The van der Waals surface area contributed by atoms with Crippen molar-refractivity contribution in [2.45, 2.75) is 31.7 Å². The molecule has 1 aliphatic carbocycles. The Morgan fingerprint density at radius 2 is 1.70 bits per heavy atom. The van der Waals surface area contributed by atoms with Gasteiger partial charge in [0.1, 0.15) is 5.75 Å². The number of benzene rings is 2. The van der Waals surface area contributed by atoms with Crippen LogP contribution in [0.5, 0.6) is 5.75 Å². The molecule has 1 heterocycles. The van der Waals surface area contributed by atoms with Crippen molar-refractivity contribution in [3.63, 3.8) is 0 Å². The molecular formula is C27H35N3O3. The minimum atomic E-state index is -0.182. The van der Waals surface area contributed by atoms with Crippen LogP contribution in [0.2, 0.25) is 0 Å². The minimum absolute atomic E-state index is 0.182. The van der Waals surface area contributed by atoms with Crippen LogP contribution in [0.3, 0.4) is 0 Å². The molecule has 1 saturated heterocycles. The van der Waals surface area contributed by atoms with Crippen LogP contribution in [0.1, 0.15) is 35.2 Å². The van der Waals surface area contributed by atoms with E-state index in [1.54, 1.807) is 0 Å². The number of ether oxygens (including phenoxy) is 1. The molecule has 0 unspecified atom stereocenters. The number of nitrogens with one attached hydrogen (secondary N) is 1. The van der Waals surface area contributed by atoms with E-state index in [9.17, 15) is 9.59 Å². The highest BCUT2D eigenvalue weighted by Crippen LogP contribution is 2.32. The van der Waals surface area contributed by atoms with Crippen molar-refractivity contribution >= 4 is 11.7 Å². The molecule has 2 aromatic rings. The highest BCUT2D eigenvalue weighted by atomic mass is 16.5. The Morgan fingerprint density at radius 3 is 2.33 bits per heavy atom. The van der Waals surface area contributed by atoms with Crippen LogP contribution in [0.4, 0.5) is 0 Å². The number of hydrogen-bond donors (Lipinski definition) is 1. The Bertz CT molecular complexity index is 904. The maximum absolute atomic E-state index is 13.0. The highest BCUT2D eigenvalue weighted by Gasteiger charge is 2.30. The number of rotatable bonds is 11. The third-order valence-electron chi connectivity index (χ3n) is 6.59. The molecule has 176 valence electrons. The Labute approximate surface area is 196 Å². The van der Waals surface area contributed by atoms with Gasteiger partial charge in [0.15, 0.2) is 5.78 Å². The summed E-state index contributed by atoms with van der Waals surface area (Å²) < 4.78 is 5.86. The molecule has 0 spiro atoms. The number of Topliss-reactive ketones (excluding diaryl/α,β-unsaturated/α-hetero) is 1. The molecule has 0 radical (unpaired) electrons. The van der Waals surface area contributed by atoms with Crippen molar-refractivity contribution in [3.8, 4) is 5.75 Å². The number of likely N-dealkylation sites (N-methyl/N-ethyl adjacent to an activating group) is 1. The van der Waals surface area contributed by atoms with Crippen LogP contribution in [-0.4, -0.2) is 73.9 Å². The normalized spacial score (nSPS) is 17.5. The SMILES string of the molecule is CN[C@H](Cc1ccccc1)C(=O)N1CCN(CCCOc2ccc(C(=O)C3CC3)cc2)CC1. The zero-order valence-corrected chi connectivity index (χ0v) is 19.5. The number of hydrogen-bond acceptors (Lipinski definition) is 5. The molecule has 6 heteroatoms. The van der Waals surface area contributed by atoms with E-state index in [2.05, 4.69) is 22.3 Å². The summed E-state index contributed by atoms with van der Waals surface area (Å²) in [4.78, 5) is 29.4. The molecule has 1 N–H and O–H groups in total. The molecule has 6 nitrogen and oxygen atoms in total. The van der Waals surface area contributed by atoms with Gasteiger partial charge < -0.3 is 15.0 Å². The Morgan fingerprint density at radius 1 is 1.00 bits per heavy atom. The molecule has 1 amide bonds. The van der Waals surface area contributed by atoms with Crippen LogP contribution in [0.25, 0.3) is 0 Å². The van der Waals surface area contributed by atoms with E-state index in [0.29, 0.717) is 13.0 Å². The second-order valence-electron chi connectivity index (χ2n) is 9.06. The van der Waals surface area contributed by atoms with Crippen molar-refractivity contribution < 1.29 is 14.3 Å². The van der Waals surface area contributed by atoms with Gasteiger partial charge in [-0.25, -0.2) is 0 Å². The lowest BCUT2D eigenvalue weighted by Gasteiger charge is -2.36. The second-order valence-corrected chi connectivity index (χ2v) is 9.06. The summed E-state index contributed by atoms with van der Waals surface area (Å²) in [5.74, 6) is 1.52. The van der Waals surface area contributed by atoms with Gasteiger partial charge in [-0.05, 0) is 62.6 Å².